The molecule has 1 saturated heterocycles. The third-order valence-corrected chi connectivity index (χ3v) is 3.62. The molecular weight excluding hydrogens is 252 g/mol. The number of carbonyl (C=O) groups is 1. The predicted molar refractivity (Wildman–Crippen MR) is 79.6 cm³/mol. The van der Waals surface area contributed by atoms with Crippen molar-refractivity contribution in [3.05, 3.63) is 17.5 Å². The van der Waals surface area contributed by atoms with Gasteiger partial charge in [-0.15, -0.1) is 0 Å². The van der Waals surface area contributed by atoms with Gasteiger partial charge in [-0.05, 0) is 32.8 Å². The number of rotatable bonds is 3. The molecule has 5 nitrogen and oxygen atoms in total. The summed E-state index contributed by atoms with van der Waals surface area (Å²) in [6, 6.07) is 2.32. The van der Waals surface area contributed by atoms with E-state index in [2.05, 4.69) is 15.3 Å². The molecule has 0 saturated carbocycles. The minimum atomic E-state index is 0.0854. The van der Waals surface area contributed by atoms with Crippen LogP contribution in [0.3, 0.4) is 0 Å². The average molecular weight is 276 g/mol. The van der Waals surface area contributed by atoms with Crippen LogP contribution in [0.15, 0.2) is 6.07 Å². The predicted octanol–water partition coefficient (Wildman–Crippen LogP) is 2.15. The summed E-state index contributed by atoms with van der Waals surface area (Å²) in [5.74, 6) is 1.05. The highest BCUT2D eigenvalue weighted by Crippen LogP contribution is 2.16. The van der Waals surface area contributed by atoms with Crippen LogP contribution in [0.2, 0.25) is 0 Å². The highest BCUT2D eigenvalue weighted by Gasteiger charge is 2.24. The number of aryl methyl sites for hydroxylation is 2. The molecule has 0 unspecified atom stereocenters. The molecule has 0 spiro atoms. The van der Waals surface area contributed by atoms with E-state index in [9.17, 15) is 4.79 Å². The molecule has 20 heavy (non-hydrogen) atoms. The monoisotopic (exact) mass is 276 g/mol. The Balaban J connectivity index is 1.90. The lowest BCUT2D eigenvalue weighted by molar-refractivity contribution is -0.135. The van der Waals surface area contributed by atoms with Crippen LogP contribution in [0.5, 0.6) is 0 Å². The fraction of sp³-hybridized carbons (Fsp3) is 0.667. The van der Waals surface area contributed by atoms with Crippen LogP contribution in [0.25, 0.3) is 0 Å². The summed E-state index contributed by atoms with van der Waals surface area (Å²) < 4.78 is 0. The number of amides is 1. The average Bonchev–Trinajstić information content (AvgIpc) is 2.37. The van der Waals surface area contributed by atoms with Gasteiger partial charge in [0.25, 0.3) is 0 Å². The van der Waals surface area contributed by atoms with Crippen molar-refractivity contribution in [1.29, 1.82) is 0 Å². The van der Waals surface area contributed by atoms with Gasteiger partial charge in [0.2, 0.25) is 11.9 Å². The minimum Gasteiger partial charge on any atom is -0.351 e. The van der Waals surface area contributed by atoms with E-state index < -0.39 is 0 Å². The Morgan fingerprint density at radius 3 is 2.30 bits per heavy atom. The van der Waals surface area contributed by atoms with Crippen LogP contribution in [0, 0.1) is 19.8 Å². The Kier molecular flexibility index (Phi) is 4.57. The molecule has 5 heteroatoms. The van der Waals surface area contributed by atoms with E-state index in [0.717, 1.165) is 37.3 Å². The van der Waals surface area contributed by atoms with Crippen LogP contribution >= 0.6 is 0 Å². The van der Waals surface area contributed by atoms with E-state index in [0.29, 0.717) is 12.0 Å². The van der Waals surface area contributed by atoms with Gasteiger partial charge in [0, 0.05) is 36.4 Å². The van der Waals surface area contributed by atoms with Crippen LogP contribution < -0.4 is 5.32 Å². The number of anilines is 1. The van der Waals surface area contributed by atoms with Crippen LogP contribution in [-0.4, -0.2) is 39.9 Å². The summed E-state index contributed by atoms with van der Waals surface area (Å²) in [4.78, 5) is 22.7. The molecule has 2 heterocycles. The lowest BCUT2D eigenvalue weighted by Gasteiger charge is -2.33. The summed E-state index contributed by atoms with van der Waals surface area (Å²) in [6.45, 7) is 9.50. The molecule has 1 N–H and O–H groups in total. The molecule has 0 aromatic carbocycles. The smallest absolute Gasteiger partial charge is 0.225 e. The zero-order valence-electron chi connectivity index (χ0n) is 12.8. The summed E-state index contributed by atoms with van der Waals surface area (Å²) >= 11 is 0. The number of hydrogen-bond donors (Lipinski definition) is 1. The Hall–Kier alpha value is -1.65. The van der Waals surface area contributed by atoms with Crippen molar-refractivity contribution in [2.75, 3.05) is 18.4 Å². The lowest BCUT2D eigenvalue weighted by Crippen LogP contribution is -2.44. The van der Waals surface area contributed by atoms with Crippen molar-refractivity contribution >= 4 is 11.9 Å². The van der Waals surface area contributed by atoms with Crippen LogP contribution in [-0.2, 0) is 4.79 Å². The fourth-order valence-corrected chi connectivity index (χ4v) is 2.58. The molecule has 0 aliphatic carbocycles. The van der Waals surface area contributed by atoms with Gasteiger partial charge in [0.05, 0.1) is 0 Å². The third kappa shape index (κ3) is 3.68. The third-order valence-electron chi connectivity index (χ3n) is 3.62. The van der Waals surface area contributed by atoms with E-state index in [1.165, 1.54) is 0 Å². The molecule has 0 atom stereocenters. The molecule has 0 radical (unpaired) electrons. The Morgan fingerprint density at radius 2 is 1.80 bits per heavy atom. The summed E-state index contributed by atoms with van der Waals surface area (Å²) in [5, 5.41) is 3.39. The SMILES string of the molecule is Cc1cc(C)nc(NC2CCN(C(=O)C(C)C)CC2)n1. The zero-order chi connectivity index (χ0) is 14.7. The van der Waals surface area contributed by atoms with Gasteiger partial charge in [0.15, 0.2) is 0 Å². The standard InChI is InChI=1S/C15H24N4O/c1-10(2)14(20)19-7-5-13(6-8-19)18-15-16-11(3)9-12(4)17-15/h9-10,13H,5-8H2,1-4H3,(H,16,17,18). The maximum absolute atomic E-state index is 11.9. The molecule has 1 aliphatic rings. The number of aromatic nitrogens is 2. The van der Waals surface area contributed by atoms with Gasteiger partial charge in [-0.1, -0.05) is 13.8 Å². The molecule has 2 rings (SSSR count). The second-order valence-corrected chi connectivity index (χ2v) is 5.87. The number of nitrogens with one attached hydrogen (secondary N) is 1. The molecular formula is C15H24N4O. The van der Waals surface area contributed by atoms with E-state index in [4.69, 9.17) is 0 Å². The summed E-state index contributed by atoms with van der Waals surface area (Å²) in [6.07, 6.45) is 1.91. The molecule has 1 fully saturated rings. The highest BCUT2D eigenvalue weighted by molar-refractivity contribution is 5.78. The topological polar surface area (TPSA) is 58.1 Å². The second kappa shape index (κ2) is 6.20. The zero-order valence-corrected chi connectivity index (χ0v) is 12.8. The minimum absolute atomic E-state index is 0.0854. The van der Waals surface area contributed by atoms with Crippen molar-refractivity contribution in [3.63, 3.8) is 0 Å². The quantitative estimate of drug-likeness (QED) is 0.919. The largest absolute Gasteiger partial charge is 0.351 e. The van der Waals surface area contributed by atoms with Crippen molar-refractivity contribution in [3.8, 4) is 0 Å². The first-order valence-electron chi connectivity index (χ1n) is 7.33. The van der Waals surface area contributed by atoms with E-state index in [1.807, 2.05) is 38.7 Å². The number of hydrogen-bond acceptors (Lipinski definition) is 4. The summed E-state index contributed by atoms with van der Waals surface area (Å²) in [7, 11) is 0. The first kappa shape index (κ1) is 14.8. The second-order valence-electron chi connectivity index (χ2n) is 5.87. The van der Waals surface area contributed by atoms with E-state index in [-0.39, 0.29) is 11.8 Å². The maximum Gasteiger partial charge on any atom is 0.225 e. The first-order valence-corrected chi connectivity index (χ1v) is 7.33. The molecule has 1 aromatic heterocycles. The lowest BCUT2D eigenvalue weighted by atomic mass is 10.0. The number of likely N-dealkylation sites (tertiary alicyclic amines) is 1. The highest BCUT2D eigenvalue weighted by atomic mass is 16.2. The van der Waals surface area contributed by atoms with Crippen molar-refractivity contribution < 1.29 is 4.79 Å². The van der Waals surface area contributed by atoms with Gasteiger partial charge in [0.1, 0.15) is 0 Å². The van der Waals surface area contributed by atoms with Gasteiger partial charge >= 0.3 is 0 Å². The van der Waals surface area contributed by atoms with E-state index >= 15 is 0 Å². The van der Waals surface area contributed by atoms with Crippen LogP contribution in [0.1, 0.15) is 38.1 Å². The summed E-state index contributed by atoms with van der Waals surface area (Å²) in [5.41, 5.74) is 1.96. The Morgan fingerprint density at radius 1 is 1.25 bits per heavy atom. The molecule has 1 amide bonds. The first-order chi connectivity index (χ1) is 9.45. The normalized spacial score (nSPS) is 16.6. The van der Waals surface area contributed by atoms with Crippen LogP contribution in [0.4, 0.5) is 5.95 Å². The Labute approximate surface area is 120 Å². The van der Waals surface area contributed by atoms with Gasteiger partial charge < -0.3 is 10.2 Å². The van der Waals surface area contributed by atoms with Crippen molar-refractivity contribution in [2.45, 2.75) is 46.6 Å². The Bertz CT molecular complexity index is 459. The van der Waals surface area contributed by atoms with Gasteiger partial charge in [-0.3, -0.25) is 4.79 Å². The molecule has 1 aliphatic heterocycles. The number of nitrogens with zero attached hydrogens (tertiary/aromatic N) is 3. The van der Waals surface area contributed by atoms with Gasteiger partial charge in [-0.25, -0.2) is 9.97 Å². The van der Waals surface area contributed by atoms with Gasteiger partial charge in [-0.2, -0.15) is 0 Å². The molecule has 110 valence electrons. The van der Waals surface area contributed by atoms with Crippen molar-refractivity contribution in [2.24, 2.45) is 5.92 Å². The molecule has 0 bridgehead atoms. The number of piperidine rings is 1. The maximum atomic E-state index is 11.9. The molecule has 1 aromatic rings. The number of carbonyl (C=O) groups excluding carboxylic acids is 1. The fourth-order valence-electron chi connectivity index (χ4n) is 2.58. The van der Waals surface area contributed by atoms with Crippen molar-refractivity contribution in [1.82, 2.24) is 14.9 Å². The van der Waals surface area contributed by atoms with E-state index in [1.54, 1.807) is 0 Å².